The van der Waals surface area contributed by atoms with Gasteiger partial charge in [0.15, 0.2) is 0 Å². The topological polar surface area (TPSA) is 90.9 Å². The van der Waals surface area contributed by atoms with Gasteiger partial charge in [0.2, 0.25) is 11.9 Å². The minimum Gasteiger partial charge on any atom is -0.444 e. The van der Waals surface area contributed by atoms with Crippen LogP contribution in [-0.2, 0) is 16.1 Å². The smallest absolute Gasteiger partial charge is 0.415 e. The van der Waals surface area contributed by atoms with E-state index in [9.17, 15) is 9.59 Å². The highest BCUT2D eigenvalue weighted by atomic mass is 16.6. The van der Waals surface area contributed by atoms with Crippen molar-refractivity contribution in [3.63, 3.8) is 0 Å². The number of ether oxygens (including phenoxy) is 1. The van der Waals surface area contributed by atoms with E-state index in [-0.39, 0.29) is 30.1 Å². The second-order valence-electron chi connectivity index (χ2n) is 11.3. The van der Waals surface area contributed by atoms with E-state index < -0.39 is 0 Å². The lowest BCUT2D eigenvalue weighted by atomic mass is 9.71. The number of aromatic nitrogens is 2. The Labute approximate surface area is 224 Å². The highest BCUT2D eigenvalue weighted by Crippen LogP contribution is 2.45. The van der Waals surface area contributed by atoms with Gasteiger partial charge in [-0.25, -0.2) is 9.78 Å². The van der Waals surface area contributed by atoms with Crippen molar-refractivity contribution < 1.29 is 14.3 Å². The van der Waals surface area contributed by atoms with Gasteiger partial charge < -0.3 is 15.0 Å². The maximum absolute atomic E-state index is 12.1. The van der Waals surface area contributed by atoms with Crippen LogP contribution in [0.4, 0.5) is 16.6 Å². The Morgan fingerprint density at radius 2 is 1.84 bits per heavy atom. The van der Waals surface area contributed by atoms with E-state index in [2.05, 4.69) is 71.8 Å². The molecule has 9 heteroatoms. The summed E-state index contributed by atoms with van der Waals surface area (Å²) in [5, 5.41) is 3.39. The SMILES string of the molecule is C=CC(=O)N1CC2(C1)CN(C(CC(C)C)c1ccc([C@H](C)Nc3ncc4c(n3)N(CC)C(=O)OC4)cc1)C2. The van der Waals surface area contributed by atoms with Crippen molar-refractivity contribution in [2.24, 2.45) is 11.3 Å². The monoisotopic (exact) mass is 518 g/mol. The fraction of sp³-hybridized carbons (Fsp3) is 0.517. The van der Waals surface area contributed by atoms with Crippen LogP contribution >= 0.6 is 0 Å². The Hall–Kier alpha value is -3.46. The second kappa shape index (κ2) is 10.4. The van der Waals surface area contributed by atoms with E-state index in [1.54, 1.807) is 6.20 Å². The van der Waals surface area contributed by atoms with Gasteiger partial charge in [0.1, 0.15) is 12.4 Å². The number of hydrogen-bond acceptors (Lipinski definition) is 7. The molecule has 2 aromatic rings. The Kier molecular flexibility index (Phi) is 7.13. The van der Waals surface area contributed by atoms with E-state index in [1.165, 1.54) is 16.5 Å². The molecule has 1 aromatic carbocycles. The number of hydrogen-bond donors (Lipinski definition) is 1. The Bertz CT molecular complexity index is 1200. The molecule has 0 saturated carbocycles. The van der Waals surface area contributed by atoms with Crippen molar-refractivity contribution in [2.75, 3.05) is 42.9 Å². The number of carbonyl (C=O) groups is 2. The van der Waals surface area contributed by atoms with Gasteiger partial charge >= 0.3 is 6.09 Å². The van der Waals surface area contributed by atoms with Crippen molar-refractivity contribution in [2.45, 2.75) is 52.8 Å². The third-order valence-electron chi connectivity index (χ3n) is 7.90. The molecule has 3 aliphatic rings. The molecule has 2 saturated heterocycles. The van der Waals surface area contributed by atoms with Crippen LogP contribution in [0.25, 0.3) is 0 Å². The lowest BCUT2D eigenvalue weighted by molar-refractivity contribution is -0.159. The number of benzene rings is 1. The molecule has 4 heterocycles. The molecule has 1 aromatic heterocycles. The molecule has 1 unspecified atom stereocenters. The van der Waals surface area contributed by atoms with Gasteiger partial charge in [-0.05, 0) is 43.4 Å². The number of anilines is 2. The molecular formula is C29H38N6O3. The lowest BCUT2D eigenvalue weighted by Crippen LogP contribution is -2.73. The van der Waals surface area contributed by atoms with Crippen molar-refractivity contribution >= 4 is 23.8 Å². The van der Waals surface area contributed by atoms with Crippen LogP contribution in [0.15, 0.2) is 43.1 Å². The third-order valence-corrected chi connectivity index (χ3v) is 7.90. The van der Waals surface area contributed by atoms with Crippen LogP contribution in [0.3, 0.4) is 0 Å². The van der Waals surface area contributed by atoms with Crippen LogP contribution in [0.2, 0.25) is 0 Å². The average Bonchev–Trinajstić information content (AvgIpc) is 2.86. The molecule has 2 amide bonds. The molecular weight excluding hydrogens is 480 g/mol. The number of fused-ring (bicyclic) bond motifs is 1. The summed E-state index contributed by atoms with van der Waals surface area (Å²) in [5.41, 5.74) is 3.53. The molecule has 0 bridgehead atoms. The highest BCUT2D eigenvalue weighted by Gasteiger charge is 2.54. The molecule has 202 valence electrons. The van der Waals surface area contributed by atoms with Crippen LogP contribution in [0.5, 0.6) is 0 Å². The number of likely N-dealkylation sites (tertiary alicyclic amines) is 2. The summed E-state index contributed by atoms with van der Waals surface area (Å²) in [5.74, 6) is 1.72. The van der Waals surface area contributed by atoms with E-state index in [4.69, 9.17) is 4.74 Å². The van der Waals surface area contributed by atoms with Crippen molar-refractivity contribution in [1.29, 1.82) is 0 Å². The maximum atomic E-state index is 12.1. The summed E-state index contributed by atoms with van der Waals surface area (Å²) in [6.07, 6.45) is 3.85. The Morgan fingerprint density at radius 1 is 1.16 bits per heavy atom. The minimum atomic E-state index is -0.378. The number of rotatable bonds is 9. The molecule has 3 aliphatic heterocycles. The molecule has 2 atom stereocenters. The predicted octanol–water partition coefficient (Wildman–Crippen LogP) is 4.54. The first kappa shape index (κ1) is 26.2. The molecule has 5 rings (SSSR count). The number of amides is 2. The summed E-state index contributed by atoms with van der Waals surface area (Å²) in [7, 11) is 0. The largest absolute Gasteiger partial charge is 0.444 e. The number of carbonyl (C=O) groups excluding carboxylic acids is 2. The molecule has 1 spiro atoms. The average molecular weight is 519 g/mol. The van der Waals surface area contributed by atoms with Crippen LogP contribution in [0.1, 0.15) is 62.9 Å². The summed E-state index contributed by atoms with van der Waals surface area (Å²) in [6.45, 7) is 16.6. The van der Waals surface area contributed by atoms with E-state index >= 15 is 0 Å². The maximum Gasteiger partial charge on any atom is 0.415 e. The molecule has 1 N–H and O–H groups in total. The van der Waals surface area contributed by atoms with Crippen LogP contribution < -0.4 is 10.2 Å². The standard InChI is InChI=1S/C29H38N6O3/c1-6-25(36)34-17-29(18-34)15-33(16-29)24(12-19(3)4)22-10-8-21(9-11-22)20(5)31-27-30-13-23-14-38-28(37)35(7-2)26(23)32-27/h6,8-11,13,19-20,24H,1,7,12,14-18H2,2-5H3,(H,30,31,32)/t20-,24?/m0/s1. The second-order valence-corrected chi connectivity index (χ2v) is 11.3. The first-order valence-electron chi connectivity index (χ1n) is 13.5. The van der Waals surface area contributed by atoms with E-state index in [0.29, 0.717) is 30.3 Å². The molecule has 0 aliphatic carbocycles. The van der Waals surface area contributed by atoms with Gasteiger partial charge in [-0.2, -0.15) is 4.98 Å². The zero-order valence-corrected chi connectivity index (χ0v) is 22.8. The first-order chi connectivity index (χ1) is 18.2. The Balaban J connectivity index is 1.24. The third kappa shape index (κ3) is 4.99. The lowest BCUT2D eigenvalue weighted by Gasteiger charge is -2.62. The van der Waals surface area contributed by atoms with Gasteiger partial charge in [-0.1, -0.05) is 44.7 Å². The quantitative estimate of drug-likeness (QED) is 0.487. The van der Waals surface area contributed by atoms with Gasteiger partial charge in [0, 0.05) is 50.4 Å². The van der Waals surface area contributed by atoms with E-state index in [0.717, 1.165) is 43.7 Å². The molecule has 0 radical (unpaired) electrons. The summed E-state index contributed by atoms with van der Waals surface area (Å²) < 4.78 is 5.19. The van der Waals surface area contributed by atoms with Crippen molar-refractivity contribution in [3.05, 3.63) is 59.8 Å². The van der Waals surface area contributed by atoms with Gasteiger partial charge in [0.05, 0.1) is 11.6 Å². The summed E-state index contributed by atoms with van der Waals surface area (Å²) in [6, 6.07) is 9.19. The van der Waals surface area contributed by atoms with E-state index in [1.807, 2.05) is 11.8 Å². The van der Waals surface area contributed by atoms with Crippen molar-refractivity contribution in [1.82, 2.24) is 19.8 Å². The molecule has 9 nitrogen and oxygen atoms in total. The normalized spacial score (nSPS) is 19.8. The van der Waals surface area contributed by atoms with Crippen LogP contribution in [0, 0.1) is 11.3 Å². The summed E-state index contributed by atoms with van der Waals surface area (Å²) in [4.78, 5) is 39.0. The zero-order chi connectivity index (χ0) is 27.0. The Morgan fingerprint density at radius 3 is 2.47 bits per heavy atom. The molecule has 38 heavy (non-hydrogen) atoms. The predicted molar refractivity (Wildman–Crippen MR) is 147 cm³/mol. The highest BCUT2D eigenvalue weighted by molar-refractivity contribution is 5.89. The van der Waals surface area contributed by atoms with Crippen LogP contribution in [-0.4, -0.2) is 64.5 Å². The zero-order valence-electron chi connectivity index (χ0n) is 22.8. The van der Waals surface area contributed by atoms with Crippen molar-refractivity contribution in [3.8, 4) is 0 Å². The fourth-order valence-electron chi connectivity index (χ4n) is 5.90. The van der Waals surface area contributed by atoms with Gasteiger partial charge in [-0.3, -0.25) is 14.6 Å². The number of nitrogens with one attached hydrogen (secondary N) is 1. The number of cyclic esters (lactones) is 1. The van der Waals surface area contributed by atoms with Gasteiger partial charge in [-0.15, -0.1) is 0 Å². The number of nitrogens with zero attached hydrogens (tertiary/aromatic N) is 5. The molecule has 2 fully saturated rings. The summed E-state index contributed by atoms with van der Waals surface area (Å²) >= 11 is 0. The first-order valence-corrected chi connectivity index (χ1v) is 13.5. The minimum absolute atomic E-state index is 0.00750. The fourth-order valence-corrected chi connectivity index (χ4v) is 5.90. The van der Waals surface area contributed by atoms with Gasteiger partial charge in [0.25, 0.3) is 0 Å².